The molecule has 1 aromatic carbocycles. The first-order valence-electron chi connectivity index (χ1n) is 8.39. The topological polar surface area (TPSA) is 54.2 Å². The molecule has 0 amide bonds. The molecular formula is C18H28IN5. The number of aromatic nitrogens is 2. The van der Waals surface area contributed by atoms with Crippen molar-refractivity contribution in [3.63, 3.8) is 0 Å². The number of aryl methyl sites for hydroxylation is 2. The Hall–Kier alpha value is -1.57. The zero-order chi connectivity index (χ0) is 16.3. The molecule has 2 rings (SSSR count). The fourth-order valence-corrected chi connectivity index (χ4v) is 2.44. The molecule has 132 valence electrons. The first-order valence-corrected chi connectivity index (χ1v) is 8.39. The quantitative estimate of drug-likeness (QED) is 0.286. The van der Waals surface area contributed by atoms with Gasteiger partial charge in [-0.2, -0.15) is 5.10 Å². The van der Waals surface area contributed by atoms with Crippen molar-refractivity contribution in [2.75, 3.05) is 13.1 Å². The van der Waals surface area contributed by atoms with Crippen LogP contribution in [0, 0.1) is 0 Å². The molecule has 0 aliphatic heterocycles. The zero-order valence-corrected chi connectivity index (χ0v) is 16.9. The second-order valence-electron chi connectivity index (χ2n) is 5.37. The molecule has 0 atom stereocenters. The van der Waals surface area contributed by atoms with Gasteiger partial charge in [-0.15, -0.1) is 24.0 Å². The third kappa shape index (κ3) is 6.90. The summed E-state index contributed by atoms with van der Waals surface area (Å²) in [6, 6.07) is 10.4. The minimum Gasteiger partial charge on any atom is -0.357 e. The SMILES string of the molecule is CCNC(=NCc1ccccc1CC)NCCCn1cccn1.I. The average molecular weight is 441 g/mol. The fraction of sp³-hybridized carbons (Fsp3) is 0.444. The Balaban J connectivity index is 0.00000288. The van der Waals surface area contributed by atoms with Crippen molar-refractivity contribution in [2.24, 2.45) is 4.99 Å². The van der Waals surface area contributed by atoms with Crippen LogP contribution in [0.4, 0.5) is 0 Å². The standard InChI is InChI=1S/C18H27N5.HI/c1-3-16-9-5-6-10-17(16)15-21-18(19-4-2)20-11-7-13-23-14-8-12-22-23;/h5-6,8-10,12,14H,3-4,7,11,13,15H2,1-2H3,(H2,19,20,21);1H. The summed E-state index contributed by atoms with van der Waals surface area (Å²) in [5.41, 5.74) is 2.66. The van der Waals surface area contributed by atoms with Crippen molar-refractivity contribution in [1.29, 1.82) is 0 Å². The number of nitrogens with one attached hydrogen (secondary N) is 2. The van der Waals surface area contributed by atoms with Crippen LogP contribution in [-0.4, -0.2) is 28.8 Å². The van der Waals surface area contributed by atoms with Gasteiger partial charge in [-0.1, -0.05) is 31.2 Å². The molecule has 1 heterocycles. The molecule has 0 unspecified atom stereocenters. The maximum absolute atomic E-state index is 4.70. The summed E-state index contributed by atoms with van der Waals surface area (Å²) in [5.74, 6) is 0.874. The van der Waals surface area contributed by atoms with E-state index in [4.69, 9.17) is 4.99 Å². The molecule has 0 fully saturated rings. The van der Waals surface area contributed by atoms with E-state index in [-0.39, 0.29) is 24.0 Å². The molecule has 6 heteroatoms. The summed E-state index contributed by atoms with van der Waals surface area (Å²) >= 11 is 0. The van der Waals surface area contributed by atoms with Gasteiger partial charge in [-0.25, -0.2) is 4.99 Å². The Morgan fingerprint density at radius 1 is 1.12 bits per heavy atom. The van der Waals surface area contributed by atoms with E-state index in [9.17, 15) is 0 Å². The molecule has 0 saturated heterocycles. The van der Waals surface area contributed by atoms with Crippen molar-refractivity contribution in [2.45, 2.75) is 39.8 Å². The van der Waals surface area contributed by atoms with Crippen LogP contribution in [0.3, 0.4) is 0 Å². The van der Waals surface area contributed by atoms with Crippen LogP contribution in [0.5, 0.6) is 0 Å². The predicted molar refractivity (Wildman–Crippen MR) is 111 cm³/mol. The van der Waals surface area contributed by atoms with Crippen molar-refractivity contribution in [3.8, 4) is 0 Å². The molecule has 5 nitrogen and oxygen atoms in total. The first-order chi connectivity index (χ1) is 11.3. The molecule has 24 heavy (non-hydrogen) atoms. The minimum atomic E-state index is 0. The van der Waals surface area contributed by atoms with Crippen molar-refractivity contribution < 1.29 is 0 Å². The summed E-state index contributed by atoms with van der Waals surface area (Å²) < 4.78 is 1.95. The van der Waals surface area contributed by atoms with Gasteiger partial charge in [0.05, 0.1) is 6.54 Å². The Morgan fingerprint density at radius 3 is 2.58 bits per heavy atom. The third-order valence-corrected chi connectivity index (χ3v) is 3.67. The van der Waals surface area contributed by atoms with E-state index in [1.807, 2.05) is 23.1 Å². The van der Waals surface area contributed by atoms with E-state index >= 15 is 0 Å². The van der Waals surface area contributed by atoms with Gasteiger partial charge >= 0.3 is 0 Å². The molecule has 0 spiro atoms. The van der Waals surface area contributed by atoms with E-state index in [1.54, 1.807) is 0 Å². The van der Waals surface area contributed by atoms with Crippen molar-refractivity contribution >= 4 is 29.9 Å². The summed E-state index contributed by atoms with van der Waals surface area (Å²) in [4.78, 5) is 4.70. The van der Waals surface area contributed by atoms with Gasteiger partial charge in [0.15, 0.2) is 5.96 Å². The van der Waals surface area contributed by atoms with E-state index < -0.39 is 0 Å². The number of hydrogen-bond donors (Lipinski definition) is 2. The highest BCUT2D eigenvalue weighted by molar-refractivity contribution is 14.0. The number of rotatable bonds is 8. The maximum atomic E-state index is 4.70. The molecule has 2 N–H and O–H groups in total. The van der Waals surface area contributed by atoms with E-state index in [0.717, 1.165) is 38.4 Å². The number of guanidine groups is 1. The number of hydrogen-bond acceptors (Lipinski definition) is 2. The molecule has 0 aliphatic carbocycles. The van der Waals surface area contributed by atoms with Crippen LogP contribution in [0.25, 0.3) is 0 Å². The van der Waals surface area contributed by atoms with Gasteiger partial charge in [0.1, 0.15) is 0 Å². The number of benzene rings is 1. The second kappa shape index (κ2) is 11.9. The Bertz CT molecular complexity index is 595. The highest BCUT2D eigenvalue weighted by Crippen LogP contribution is 2.10. The van der Waals surface area contributed by atoms with E-state index in [1.165, 1.54) is 11.1 Å². The lowest BCUT2D eigenvalue weighted by atomic mass is 10.1. The Morgan fingerprint density at radius 2 is 1.92 bits per heavy atom. The number of nitrogens with zero attached hydrogens (tertiary/aromatic N) is 3. The van der Waals surface area contributed by atoms with Crippen LogP contribution in [0.15, 0.2) is 47.7 Å². The van der Waals surface area contributed by atoms with E-state index in [2.05, 4.69) is 53.8 Å². The van der Waals surface area contributed by atoms with Crippen molar-refractivity contribution in [1.82, 2.24) is 20.4 Å². The molecule has 0 aliphatic rings. The molecule has 0 saturated carbocycles. The Kier molecular flexibility index (Phi) is 10.1. The summed E-state index contributed by atoms with van der Waals surface area (Å²) in [6.45, 7) is 7.63. The summed E-state index contributed by atoms with van der Waals surface area (Å²) in [6.07, 6.45) is 5.85. The van der Waals surface area contributed by atoms with Crippen LogP contribution in [0.2, 0.25) is 0 Å². The molecule has 1 aromatic heterocycles. The van der Waals surface area contributed by atoms with Gasteiger partial charge in [0, 0.05) is 32.0 Å². The maximum Gasteiger partial charge on any atom is 0.191 e. The van der Waals surface area contributed by atoms with Gasteiger partial charge in [-0.3, -0.25) is 4.68 Å². The average Bonchev–Trinajstić information content (AvgIpc) is 3.10. The number of aliphatic imine (C=N–C) groups is 1. The minimum absolute atomic E-state index is 0. The second-order valence-corrected chi connectivity index (χ2v) is 5.37. The highest BCUT2D eigenvalue weighted by Gasteiger charge is 2.01. The van der Waals surface area contributed by atoms with Gasteiger partial charge in [-0.05, 0) is 37.0 Å². The third-order valence-electron chi connectivity index (χ3n) is 3.67. The zero-order valence-electron chi connectivity index (χ0n) is 14.5. The van der Waals surface area contributed by atoms with Crippen LogP contribution in [-0.2, 0) is 19.5 Å². The molecule has 0 radical (unpaired) electrons. The molecule has 2 aromatic rings. The fourth-order valence-electron chi connectivity index (χ4n) is 2.44. The van der Waals surface area contributed by atoms with Crippen LogP contribution < -0.4 is 10.6 Å². The first kappa shape index (κ1) is 20.5. The lowest BCUT2D eigenvalue weighted by Gasteiger charge is -2.12. The van der Waals surface area contributed by atoms with Crippen LogP contribution >= 0.6 is 24.0 Å². The Labute approximate surface area is 162 Å². The summed E-state index contributed by atoms with van der Waals surface area (Å²) in [5, 5.41) is 10.9. The van der Waals surface area contributed by atoms with Gasteiger partial charge in [0.2, 0.25) is 0 Å². The lowest BCUT2D eigenvalue weighted by Crippen LogP contribution is -2.38. The predicted octanol–water partition coefficient (Wildman–Crippen LogP) is 3.21. The smallest absolute Gasteiger partial charge is 0.191 e. The lowest BCUT2D eigenvalue weighted by molar-refractivity contribution is 0.570. The monoisotopic (exact) mass is 441 g/mol. The summed E-state index contributed by atoms with van der Waals surface area (Å²) in [7, 11) is 0. The van der Waals surface area contributed by atoms with E-state index in [0.29, 0.717) is 6.54 Å². The van der Waals surface area contributed by atoms with Gasteiger partial charge in [0.25, 0.3) is 0 Å². The van der Waals surface area contributed by atoms with Gasteiger partial charge < -0.3 is 10.6 Å². The highest BCUT2D eigenvalue weighted by atomic mass is 127. The number of halogens is 1. The van der Waals surface area contributed by atoms with Crippen molar-refractivity contribution in [3.05, 3.63) is 53.9 Å². The normalized spacial score (nSPS) is 11.0. The molecular weight excluding hydrogens is 413 g/mol. The molecule has 0 bridgehead atoms. The largest absolute Gasteiger partial charge is 0.357 e. The van der Waals surface area contributed by atoms with Crippen LogP contribution in [0.1, 0.15) is 31.4 Å².